The van der Waals surface area contributed by atoms with Gasteiger partial charge in [-0.3, -0.25) is 10.1 Å². The number of piperidine rings is 1. The van der Waals surface area contributed by atoms with Crippen LogP contribution in [-0.4, -0.2) is 30.2 Å². The predicted molar refractivity (Wildman–Crippen MR) is 79.7 cm³/mol. The van der Waals surface area contributed by atoms with Gasteiger partial charge in [-0.05, 0) is 32.3 Å². The highest BCUT2D eigenvalue weighted by Gasteiger charge is 2.34. The average Bonchev–Trinajstić information content (AvgIpc) is 2.46. The van der Waals surface area contributed by atoms with E-state index in [0.717, 1.165) is 25.7 Å². The molecule has 1 aromatic rings. The molecule has 1 heterocycles. The summed E-state index contributed by atoms with van der Waals surface area (Å²) in [6.45, 7) is 3.96. The predicted octanol–water partition coefficient (Wildman–Crippen LogP) is 2.86. The second-order valence-electron chi connectivity index (χ2n) is 5.33. The topological polar surface area (TPSA) is 80.5 Å². The minimum atomic E-state index is -3.68. The van der Waals surface area contributed by atoms with Crippen LogP contribution in [0.1, 0.15) is 38.2 Å². The Labute approximate surface area is 125 Å². The van der Waals surface area contributed by atoms with Crippen molar-refractivity contribution >= 4 is 15.7 Å². The van der Waals surface area contributed by atoms with E-state index >= 15 is 0 Å². The molecule has 6 nitrogen and oxygen atoms in total. The third kappa shape index (κ3) is 2.94. The standard InChI is InChI=1S/C14H20N2O4S/c1-3-12-7-4-5-10-15(12)21(19,20)14-9-6-8-13(11(14)2)16(17)18/h6,8-9,12H,3-5,7,10H2,1-2H3. The summed E-state index contributed by atoms with van der Waals surface area (Å²) in [7, 11) is -3.68. The van der Waals surface area contributed by atoms with Crippen LogP contribution < -0.4 is 0 Å². The van der Waals surface area contributed by atoms with Gasteiger partial charge in [-0.25, -0.2) is 8.42 Å². The molecule has 0 aliphatic carbocycles. The monoisotopic (exact) mass is 312 g/mol. The number of benzene rings is 1. The van der Waals surface area contributed by atoms with E-state index in [1.54, 1.807) is 0 Å². The molecule has 7 heteroatoms. The number of rotatable bonds is 4. The van der Waals surface area contributed by atoms with Crippen molar-refractivity contribution < 1.29 is 13.3 Å². The molecule has 0 N–H and O–H groups in total. The van der Waals surface area contributed by atoms with Crippen molar-refractivity contribution in [1.82, 2.24) is 4.31 Å². The summed E-state index contributed by atoms with van der Waals surface area (Å²) in [5, 5.41) is 11.0. The van der Waals surface area contributed by atoms with Crippen LogP contribution in [0.25, 0.3) is 0 Å². The molecule has 1 saturated heterocycles. The Bertz CT molecular complexity index is 642. The maximum atomic E-state index is 12.9. The summed E-state index contributed by atoms with van der Waals surface area (Å²) < 4.78 is 27.2. The maximum absolute atomic E-state index is 12.9. The zero-order chi connectivity index (χ0) is 15.6. The third-order valence-corrected chi connectivity index (χ3v) is 6.18. The molecule has 1 fully saturated rings. The van der Waals surface area contributed by atoms with Gasteiger partial charge >= 0.3 is 0 Å². The maximum Gasteiger partial charge on any atom is 0.273 e. The second kappa shape index (κ2) is 6.11. The Balaban J connectivity index is 2.49. The highest BCUT2D eigenvalue weighted by molar-refractivity contribution is 7.89. The summed E-state index contributed by atoms with van der Waals surface area (Å²) in [6.07, 6.45) is 3.47. The van der Waals surface area contributed by atoms with Gasteiger partial charge < -0.3 is 0 Å². The molecule has 2 rings (SSSR count). The largest absolute Gasteiger partial charge is 0.273 e. The van der Waals surface area contributed by atoms with Gasteiger partial charge in [-0.15, -0.1) is 0 Å². The highest BCUT2D eigenvalue weighted by Crippen LogP contribution is 2.31. The lowest BCUT2D eigenvalue weighted by Crippen LogP contribution is -2.43. The fraction of sp³-hybridized carbons (Fsp3) is 0.571. The molecule has 116 valence electrons. The molecule has 0 saturated carbocycles. The molecule has 1 atom stereocenters. The van der Waals surface area contributed by atoms with E-state index in [1.807, 2.05) is 6.92 Å². The summed E-state index contributed by atoms with van der Waals surface area (Å²) in [5.41, 5.74) is 0.0593. The van der Waals surface area contributed by atoms with E-state index in [9.17, 15) is 18.5 Å². The molecule has 0 bridgehead atoms. The second-order valence-corrected chi connectivity index (χ2v) is 7.19. The van der Waals surface area contributed by atoms with Crippen LogP contribution in [0, 0.1) is 17.0 Å². The quantitative estimate of drug-likeness (QED) is 0.632. The van der Waals surface area contributed by atoms with Gasteiger partial charge in [-0.2, -0.15) is 4.31 Å². The van der Waals surface area contributed by atoms with Crippen LogP contribution in [0.5, 0.6) is 0 Å². The normalized spacial score (nSPS) is 20.4. The van der Waals surface area contributed by atoms with Gasteiger partial charge in [-0.1, -0.05) is 19.4 Å². The third-order valence-electron chi connectivity index (χ3n) is 4.08. The molecule has 1 unspecified atom stereocenters. The molecule has 0 radical (unpaired) electrons. The van der Waals surface area contributed by atoms with Crippen molar-refractivity contribution in [3.63, 3.8) is 0 Å². The fourth-order valence-corrected chi connectivity index (χ4v) is 4.92. The van der Waals surface area contributed by atoms with Crippen molar-refractivity contribution in [2.45, 2.75) is 50.5 Å². The van der Waals surface area contributed by atoms with Crippen LogP contribution in [0.3, 0.4) is 0 Å². The molecule has 1 aliphatic heterocycles. The lowest BCUT2D eigenvalue weighted by molar-refractivity contribution is -0.385. The molecule has 0 aromatic heterocycles. The molecular formula is C14H20N2O4S. The molecule has 21 heavy (non-hydrogen) atoms. The Hall–Kier alpha value is -1.47. The first-order chi connectivity index (χ1) is 9.89. The van der Waals surface area contributed by atoms with Crippen molar-refractivity contribution in [3.8, 4) is 0 Å². The van der Waals surface area contributed by atoms with E-state index in [0.29, 0.717) is 6.54 Å². The number of nitro groups is 1. The zero-order valence-electron chi connectivity index (χ0n) is 12.3. The number of hydrogen-bond donors (Lipinski definition) is 0. The van der Waals surface area contributed by atoms with Gasteiger partial charge in [0.05, 0.1) is 9.82 Å². The van der Waals surface area contributed by atoms with Crippen molar-refractivity contribution in [3.05, 3.63) is 33.9 Å². The van der Waals surface area contributed by atoms with Crippen LogP contribution in [0.4, 0.5) is 5.69 Å². The van der Waals surface area contributed by atoms with E-state index < -0.39 is 14.9 Å². The zero-order valence-corrected chi connectivity index (χ0v) is 13.1. The Morgan fingerprint density at radius 3 is 2.71 bits per heavy atom. The first-order valence-corrected chi connectivity index (χ1v) is 8.59. The lowest BCUT2D eigenvalue weighted by atomic mass is 10.0. The van der Waals surface area contributed by atoms with Crippen LogP contribution in [0.15, 0.2) is 23.1 Å². The average molecular weight is 312 g/mol. The minimum absolute atomic E-state index is 0.0117. The summed E-state index contributed by atoms with van der Waals surface area (Å²) in [6, 6.07) is 4.21. The summed E-state index contributed by atoms with van der Waals surface area (Å²) in [4.78, 5) is 10.5. The van der Waals surface area contributed by atoms with Gasteiger partial charge in [0.15, 0.2) is 0 Å². The molecule has 0 amide bonds. The molecule has 1 aromatic carbocycles. The number of nitrogens with zero attached hydrogens (tertiary/aromatic N) is 2. The van der Waals surface area contributed by atoms with E-state index in [4.69, 9.17) is 0 Å². The van der Waals surface area contributed by atoms with Gasteiger partial charge in [0.2, 0.25) is 10.0 Å². The molecule has 0 spiro atoms. The van der Waals surface area contributed by atoms with Gasteiger partial charge in [0.25, 0.3) is 5.69 Å². The fourth-order valence-electron chi connectivity index (χ4n) is 2.90. The summed E-state index contributed by atoms with van der Waals surface area (Å²) >= 11 is 0. The highest BCUT2D eigenvalue weighted by atomic mass is 32.2. The Morgan fingerprint density at radius 1 is 1.38 bits per heavy atom. The SMILES string of the molecule is CCC1CCCCN1S(=O)(=O)c1cccc([N+](=O)[O-])c1C. The van der Waals surface area contributed by atoms with Crippen molar-refractivity contribution in [2.75, 3.05) is 6.54 Å². The minimum Gasteiger partial charge on any atom is -0.258 e. The van der Waals surface area contributed by atoms with Crippen molar-refractivity contribution in [2.24, 2.45) is 0 Å². The molecular weight excluding hydrogens is 292 g/mol. The number of hydrogen-bond acceptors (Lipinski definition) is 4. The number of nitro benzene ring substituents is 1. The van der Waals surface area contributed by atoms with Gasteiger partial charge in [0, 0.05) is 24.2 Å². The first-order valence-electron chi connectivity index (χ1n) is 7.15. The smallest absolute Gasteiger partial charge is 0.258 e. The molecule has 1 aliphatic rings. The first kappa shape index (κ1) is 15.9. The Morgan fingerprint density at radius 2 is 2.10 bits per heavy atom. The summed E-state index contributed by atoms with van der Waals surface area (Å²) in [5.74, 6) is 0. The van der Waals surface area contributed by atoms with Crippen LogP contribution in [0.2, 0.25) is 0 Å². The van der Waals surface area contributed by atoms with E-state index in [1.165, 1.54) is 29.4 Å². The van der Waals surface area contributed by atoms with Gasteiger partial charge in [0.1, 0.15) is 0 Å². The van der Waals surface area contributed by atoms with E-state index in [2.05, 4.69) is 0 Å². The van der Waals surface area contributed by atoms with Crippen LogP contribution >= 0.6 is 0 Å². The lowest BCUT2D eigenvalue weighted by Gasteiger charge is -2.34. The van der Waals surface area contributed by atoms with Crippen molar-refractivity contribution in [1.29, 1.82) is 0 Å². The number of sulfonamides is 1. The Kier molecular flexibility index (Phi) is 4.63. The van der Waals surface area contributed by atoms with Crippen LogP contribution in [-0.2, 0) is 10.0 Å². The van der Waals surface area contributed by atoms with E-state index in [-0.39, 0.29) is 22.2 Å².